The van der Waals surface area contributed by atoms with E-state index in [4.69, 9.17) is 29.4 Å². The van der Waals surface area contributed by atoms with Crippen LogP contribution in [0.4, 0.5) is 14.5 Å². The fourth-order valence-electron chi connectivity index (χ4n) is 4.91. The van der Waals surface area contributed by atoms with E-state index in [-0.39, 0.29) is 35.1 Å². The van der Waals surface area contributed by atoms with Gasteiger partial charge in [0.05, 0.1) is 24.6 Å². The van der Waals surface area contributed by atoms with Gasteiger partial charge in [0.2, 0.25) is 5.75 Å². The molecule has 2 aromatic heterocycles. The Morgan fingerprint density at radius 2 is 1.76 bits per heavy atom. The smallest absolute Gasteiger partial charge is 0.271 e. The zero-order valence-corrected chi connectivity index (χ0v) is 24.5. The van der Waals surface area contributed by atoms with Gasteiger partial charge in [0.25, 0.3) is 11.5 Å². The Hall–Kier alpha value is -5.69. The number of rotatable bonds is 10. The first-order valence-electron chi connectivity index (χ1n) is 14.3. The molecule has 1 aliphatic rings. The van der Waals surface area contributed by atoms with Crippen molar-refractivity contribution in [3.63, 3.8) is 0 Å². The Morgan fingerprint density at radius 3 is 2.50 bits per heavy atom. The van der Waals surface area contributed by atoms with E-state index in [1.54, 1.807) is 12.1 Å². The zero-order chi connectivity index (χ0) is 32.2. The van der Waals surface area contributed by atoms with Gasteiger partial charge >= 0.3 is 0 Å². The number of hydrogen-bond donors (Lipinski definition) is 2. The van der Waals surface area contributed by atoms with E-state index in [9.17, 15) is 14.0 Å². The summed E-state index contributed by atoms with van der Waals surface area (Å²) < 4.78 is 58.9. The molecule has 3 heterocycles. The van der Waals surface area contributed by atoms with Crippen LogP contribution in [-0.4, -0.2) is 48.9 Å². The molecule has 6 rings (SSSR count). The Bertz CT molecular complexity index is 1980. The topological polar surface area (TPSA) is 136 Å². The van der Waals surface area contributed by atoms with E-state index in [0.29, 0.717) is 60.0 Å². The van der Waals surface area contributed by atoms with Gasteiger partial charge in [-0.25, -0.2) is 8.78 Å². The van der Waals surface area contributed by atoms with Gasteiger partial charge in [-0.2, -0.15) is 0 Å². The summed E-state index contributed by atoms with van der Waals surface area (Å²) in [6, 6.07) is 13.7. The largest absolute Gasteiger partial charge is 0.496 e. The molecule has 3 N–H and O–H groups in total. The first kappa shape index (κ1) is 30.3. The lowest BCUT2D eigenvalue weighted by Crippen LogP contribution is -2.29. The first-order chi connectivity index (χ1) is 22.4. The highest BCUT2D eigenvalue weighted by Gasteiger charge is 2.25. The number of amides is 1. The van der Waals surface area contributed by atoms with Gasteiger partial charge in [-0.05, 0) is 61.5 Å². The lowest BCUT2D eigenvalue weighted by Gasteiger charge is -2.23. The van der Waals surface area contributed by atoms with E-state index in [2.05, 4.69) is 10.3 Å². The number of methoxy groups -OCH3 is 1. The molecule has 0 spiro atoms. The summed E-state index contributed by atoms with van der Waals surface area (Å²) in [4.78, 5) is 31.0. The van der Waals surface area contributed by atoms with Gasteiger partial charge in [0.15, 0.2) is 23.1 Å². The summed E-state index contributed by atoms with van der Waals surface area (Å²) >= 11 is 0. The molecule has 3 aromatic carbocycles. The van der Waals surface area contributed by atoms with E-state index >= 15 is 4.39 Å². The van der Waals surface area contributed by atoms with Crippen molar-refractivity contribution in [3.8, 4) is 40.2 Å². The number of benzene rings is 3. The summed E-state index contributed by atoms with van der Waals surface area (Å²) in [5, 5.41) is 3.00. The normalized spacial score (nSPS) is 12.1. The Labute approximate surface area is 261 Å². The summed E-state index contributed by atoms with van der Waals surface area (Å²) in [5.74, 6) is -0.779. The molecule has 0 fully saturated rings. The van der Waals surface area contributed by atoms with Gasteiger partial charge in [-0.15, -0.1) is 0 Å². The summed E-state index contributed by atoms with van der Waals surface area (Å²) in [5.41, 5.74) is 5.43. The molecule has 11 nitrogen and oxygen atoms in total. The van der Waals surface area contributed by atoms with Crippen LogP contribution < -0.4 is 40.3 Å². The highest BCUT2D eigenvalue weighted by molar-refractivity contribution is 6.06. The van der Waals surface area contributed by atoms with Crippen LogP contribution in [-0.2, 0) is 0 Å². The van der Waals surface area contributed by atoms with Crippen molar-refractivity contribution in [2.75, 3.05) is 38.8 Å². The van der Waals surface area contributed by atoms with Gasteiger partial charge in [0.1, 0.15) is 36.1 Å². The molecule has 0 aliphatic carbocycles. The number of anilines is 1. The van der Waals surface area contributed by atoms with Crippen molar-refractivity contribution in [2.45, 2.75) is 6.42 Å². The number of aromatic nitrogens is 2. The predicted octanol–water partition coefficient (Wildman–Crippen LogP) is 5.22. The number of nitrogens with one attached hydrogen (secondary N) is 1. The minimum Gasteiger partial charge on any atom is -0.496 e. The van der Waals surface area contributed by atoms with Crippen LogP contribution in [0.15, 0.2) is 77.9 Å². The Kier molecular flexibility index (Phi) is 8.65. The van der Waals surface area contributed by atoms with E-state index < -0.39 is 23.1 Å². The molecule has 236 valence electrons. The molecule has 1 aliphatic heterocycles. The molecule has 0 radical (unpaired) electrons. The fraction of sp³-hybridized carbons (Fsp3) is 0.182. The molecule has 0 bridgehead atoms. The number of carbonyl (C=O) groups excluding carboxylic acids is 1. The molecular formula is C33H28F2N4O7. The highest BCUT2D eigenvalue weighted by atomic mass is 19.1. The summed E-state index contributed by atoms with van der Waals surface area (Å²) in [6.45, 7) is 1.45. The third kappa shape index (κ3) is 6.00. The third-order valence-corrected chi connectivity index (χ3v) is 7.06. The van der Waals surface area contributed by atoms with Gasteiger partial charge in [-0.3, -0.25) is 19.1 Å². The molecule has 13 heteroatoms. The van der Waals surface area contributed by atoms with Crippen LogP contribution in [0.5, 0.6) is 34.5 Å². The van der Waals surface area contributed by atoms with Crippen LogP contribution in [0.25, 0.3) is 16.6 Å². The quantitative estimate of drug-likeness (QED) is 0.199. The molecule has 1 amide bonds. The maximum absolute atomic E-state index is 15.4. The predicted molar refractivity (Wildman–Crippen MR) is 165 cm³/mol. The van der Waals surface area contributed by atoms with Crippen LogP contribution in [0.2, 0.25) is 0 Å². The monoisotopic (exact) mass is 630 g/mol. The number of hydrogen-bond acceptors (Lipinski definition) is 9. The molecule has 0 saturated carbocycles. The highest BCUT2D eigenvalue weighted by Crippen LogP contribution is 2.48. The second-order valence-corrected chi connectivity index (χ2v) is 10.0. The van der Waals surface area contributed by atoms with Crippen molar-refractivity contribution in [3.05, 3.63) is 101 Å². The number of pyridine rings is 2. The van der Waals surface area contributed by atoms with Gasteiger partial charge in [0, 0.05) is 35.9 Å². The lowest BCUT2D eigenvalue weighted by atomic mass is 10.1. The van der Waals surface area contributed by atoms with Crippen LogP contribution in [0.1, 0.15) is 16.8 Å². The molecule has 5 aromatic rings. The second-order valence-electron chi connectivity index (χ2n) is 10.0. The van der Waals surface area contributed by atoms with Crippen molar-refractivity contribution >= 4 is 22.5 Å². The second kappa shape index (κ2) is 13.1. The zero-order valence-electron chi connectivity index (χ0n) is 24.5. The SMILES string of the molecule is COc1ccn(-c2ccc(F)cc2)c(=O)c1C(=O)Nc1ccc(Oc2ccnc3cc(OCCCN)c4c(c23)OCCO4)c(F)c1. The average molecular weight is 631 g/mol. The number of halogens is 2. The van der Waals surface area contributed by atoms with Crippen molar-refractivity contribution in [1.82, 2.24) is 9.55 Å². The number of ether oxygens (including phenoxy) is 5. The number of nitrogens with two attached hydrogens (primary N) is 1. The maximum Gasteiger partial charge on any atom is 0.271 e. The number of nitrogens with zero attached hydrogens (tertiary/aromatic N) is 2. The van der Waals surface area contributed by atoms with Crippen LogP contribution >= 0.6 is 0 Å². The number of fused-ring (bicyclic) bond motifs is 3. The Morgan fingerprint density at radius 1 is 0.978 bits per heavy atom. The van der Waals surface area contributed by atoms with Gasteiger partial charge in [-0.1, -0.05) is 0 Å². The first-order valence-corrected chi connectivity index (χ1v) is 14.3. The van der Waals surface area contributed by atoms with E-state index in [0.717, 1.165) is 6.07 Å². The Balaban J connectivity index is 1.27. The molecule has 46 heavy (non-hydrogen) atoms. The molecule has 0 saturated heterocycles. The molecule has 0 unspecified atom stereocenters. The minimum atomic E-state index is -0.834. The van der Waals surface area contributed by atoms with Gasteiger partial charge < -0.3 is 34.7 Å². The molecular weight excluding hydrogens is 602 g/mol. The van der Waals surface area contributed by atoms with Crippen LogP contribution in [0.3, 0.4) is 0 Å². The lowest BCUT2D eigenvalue weighted by molar-refractivity contribution is 0.102. The molecule has 0 atom stereocenters. The van der Waals surface area contributed by atoms with Crippen LogP contribution in [0, 0.1) is 11.6 Å². The average Bonchev–Trinajstić information content (AvgIpc) is 3.06. The van der Waals surface area contributed by atoms with Crippen molar-refractivity contribution in [1.29, 1.82) is 0 Å². The minimum absolute atomic E-state index is 0.00770. The van der Waals surface area contributed by atoms with Crippen molar-refractivity contribution in [2.24, 2.45) is 5.73 Å². The summed E-state index contributed by atoms with van der Waals surface area (Å²) in [7, 11) is 1.31. The fourth-order valence-corrected chi connectivity index (χ4v) is 4.91. The van der Waals surface area contributed by atoms with E-state index in [1.165, 1.54) is 66.5 Å². The number of carbonyl (C=O) groups is 1. The standard InChI is InChI=1S/C33H28F2N4O7/c1-42-25-10-13-39(21-6-3-19(34)4-7-21)33(41)29(25)32(40)38-20-5-8-24(22(35)17-20)46-26-9-12-37-23-18-27(43-14-2-11-36)30-31(28(23)26)45-16-15-44-30/h3-10,12-13,17-18H,2,11,14-16,36H2,1H3,(H,38,40). The third-order valence-electron chi connectivity index (χ3n) is 7.06. The maximum atomic E-state index is 15.4. The summed E-state index contributed by atoms with van der Waals surface area (Å²) in [6.07, 6.45) is 3.56. The van der Waals surface area contributed by atoms with E-state index in [1.807, 2.05) is 0 Å². The van der Waals surface area contributed by atoms with Crippen molar-refractivity contribution < 1.29 is 37.3 Å².